The van der Waals surface area contributed by atoms with Crippen LogP contribution in [0.5, 0.6) is 11.5 Å². The van der Waals surface area contributed by atoms with Crippen LogP contribution in [0.4, 0.5) is 24.5 Å². The minimum atomic E-state index is -4.54. The zero-order valence-electron chi connectivity index (χ0n) is 15.7. The second kappa shape index (κ2) is 8.60. The fraction of sp³-hybridized carbons (Fsp3) is 0.316. The molecule has 2 N–H and O–H groups in total. The van der Waals surface area contributed by atoms with Crippen LogP contribution in [0.15, 0.2) is 30.3 Å². The third kappa shape index (κ3) is 5.01. The summed E-state index contributed by atoms with van der Waals surface area (Å²) in [6.07, 6.45) is -4.54. The number of halogens is 4. The Labute approximate surface area is 165 Å². The molecule has 0 aliphatic heterocycles. The van der Waals surface area contributed by atoms with E-state index in [1.54, 1.807) is 19.1 Å². The van der Waals surface area contributed by atoms with E-state index in [0.29, 0.717) is 17.2 Å². The summed E-state index contributed by atoms with van der Waals surface area (Å²) in [5.41, 5.74) is 0.410. The summed E-state index contributed by atoms with van der Waals surface area (Å²) in [5.74, 6) is 0.470. The monoisotopic (exact) mass is 416 g/mol. The van der Waals surface area contributed by atoms with Gasteiger partial charge in [-0.25, -0.2) is 0 Å². The highest BCUT2D eigenvalue weighted by atomic mass is 35.5. The summed E-state index contributed by atoms with van der Waals surface area (Å²) < 4.78 is 49.1. The van der Waals surface area contributed by atoms with Gasteiger partial charge in [0.05, 0.1) is 30.5 Å². The average molecular weight is 417 g/mol. The molecule has 1 amide bonds. The summed E-state index contributed by atoms with van der Waals surface area (Å²) in [6, 6.07) is 5.41. The minimum absolute atomic E-state index is 0.0100. The summed E-state index contributed by atoms with van der Waals surface area (Å²) in [7, 11) is 3.00. The smallest absolute Gasteiger partial charge is 0.416 e. The van der Waals surface area contributed by atoms with Crippen LogP contribution in [0, 0.1) is 6.92 Å². The van der Waals surface area contributed by atoms with Crippen molar-refractivity contribution in [2.24, 2.45) is 0 Å². The maximum atomic E-state index is 12.9. The van der Waals surface area contributed by atoms with Gasteiger partial charge in [0, 0.05) is 11.8 Å². The van der Waals surface area contributed by atoms with E-state index >= 15 is 0 Å². The summed E-state index contributed by atoms with van der Waals surface area (Å²) >= 11 is 5.92. The van der Waals surface area contributed by atoms with Gasteiger partial charge in [0.1, 0.15) is 6.04 Å². The summed E-state index contributed by atoms with van der Waals surface area (Å²) in [6.45, 7) is 3.39. The molecule has 0 heterocycles. The molecule has 0 radical (unpaired) electrons. The molecule has 152 valence electrons. The number of aryl methyl sites for hydroxylation is 1. The molecule has 0 spiro atoms. The quantitative estimate of drug-likeness (QED) is 0.686. The van der Waals surface area contributed by atoms with E-state index in [4.69, 9.17) is 21.1 Å². The van der Waals surface area contributed by atoms with Crippen molar-refractivity contribution in [3.8, 4) is 11.5 Å². The van der Waals surface area contributed by atoms with E-state index in [1.165, 1.54) is 14.2 Å². The molecule has 0 fully saturated rings. The van der Waals surface area contributed by atoms with Gasteiger partial charge in [-0.15, -0.1) is 0 Å². The van der Waals surface area contributed by atoms with Crippen molar-refractivity contribution in [1.29, 1.82) is 0 Å². The molecule has 0 saturated carbocycles. The van der Waals surface area contributed by atoms with Gasteiger partial charge >= 0.3 is 6.18 Å². The van der Waals surface area contributed by atoms with E-state index < -0.39 is 23.7 Å². The van der Waals surface area contributed by atoms with E-state index in [0.717, 1.165) is 23.8 Å². The Balaban J connectivity index is 2.18. The first-order valence-electron chi connectivity index (χ1n) is 8.23. The zero-order valence-corrected chi connectivity index (χ0v) is 16.5. The van der Waals surface area contributed by atoms with Crippen LogP contribution in [0.2, 0.25) is 5.02 Å². The third-order valence-corrected chi connectivity index (χ3v) is 4.38. The van der Waals surface area contributed by atoms with Gasteiger partial charge in [-0.2, -0.15) is 13.2 Å². The predicted molar refractivity (Wildman–Crippen MR) is 102 cm³/mol. The van der Waals surface area contributed by atoms with Crippen LogP contribution in [-0.4, -0.2) is 26.2 Å². The minimum Gasteiger partial charge on any atom is -0.493 e. The second-order valence-corrected chi connectivity index (χ2v) is 6.48. The van der Waals surface area contributed by atoms with Crippen molar-refractivity contribution in [1.82, 2.24) is 0 Å². The number of amides is 1. The number of carbonyl (C=O) groups is 1. The van der Waals surface area contributed by atoms with Gasteiger partial charge in [-0.3, -0.25) is 4.79 Å². The van der Waals surface area contributed by atoms with Crippen LogP contribution < -0.4 is 20.1 Å². The summed E-state index contributed by atoms with van der Waals surface area (Å²) in [4.78, 5) is 12.4. The van der Waals surface area contributed by atoms with Gasteiger partial charge in [-0.1, -0.05) is 11.6 Å². The number of alkyl halides is 3. The van der Waals surface area contributed by atoms with Crippen LogP contribution >= 0.6 is 11.6 Å². The normalized spacial score (nSPS) is 12.3. The highest BCUT2D eigenvalue weighted by Crippen LogP contribution is 2.35. The Morgan fingerprint density at radius 2 is 1.68 bits per heavy atom. The fourth-order valence-electron chi connectivity index (χ4n) is 2.47. The van der Waals surface area contributed by atoms with Gasteiger partial charge < -0.3 is 20.1 Å². The van der Waals surface area contributed by atoms with Crippen LogP contribution in [0.25, 0.3) is 0 Å². The molecule has 5 nitrogen and oxygen atoms in total. The number of hydrogen-bond acceptors (Lipinski definition) is 4. The van der Waals surface area contributed by atoms with Crippen molar-refractivity contribution in [2.45, 2.75) is 26.1 Å². The van der Waals surface area contributed by atoms with E-state index in [9.17, 15) is 18.0 Å². The predicted octanol–water partition coefficient (Wildman–Crippen LogP) is 5.12. The average Bonchev–Trinajstić information content (AvgIpc) is 2.63. The van der Waals surface area contributed by atoms with Gasteiger partial charge in [0.2, 0.25) is 5.91 Å². The molecule has 2 aromatic carbocycles. The molecule has 0 saturated heterocycles. The number of nitrogens with one attached hydrogen (secondary N) is 2. The van der Waals surface area contributed by atoms with E-state index in [-0.39, 0.29) is 10.7 Å². The Morgan fingerprint density at radius 1 is 1.07 bits per heavy atom. The number of carbonyl (C=O) groups excluding carboxylic acids is 1. The lowest BCUT2D eigenvalue weighted by Crippen LogP contribution is -2.32. The molecular weight excluding hydrogens is 397 g/mol. The lowest BCUT2D eigenvalue weighted by Gasteiger charge is -2.19. The van der Waals surface area contributed by atoms with Gasteiger partial charge in [0.25, 0.3) is 0 Å². The first kappa shape index (κ1) is 21.7. The molecule has 1 atom stereocenters. The molecule has 0 aliphatic carbocycles. The molecule has 9 heteroatoms. The number of methoxy groups -OCH3 is 2. The Bertz CT molecular complexity index is 872. The molecule has 0 aliphatic rings. The van der Waals surface area contributed by atoms with Crippen molar-refractivity contribution >= 4 is 28.9 Å². The molecule has 28 heavy (non-hydrogen) atoms. The fourth-order valence-corrected chi connectivity index (χ4v) is 2.64. The zero-order chi connectivity index (χ0) is 21.1. The lowest BCUT2D eigenvalue weighted by atomic mass is 10.1. The Hall–Kier alpha value is -2.61. The lowest BCUT2D eigenvalue weighted by molar-refractivity contribution is -0.137. The Kier molecular flexibility index (Phi) is 6.66. The highest BCUT2D eigenvalue weighted by Gasteiger charge is 2.31. The Morgan fingerprint density at radius 3 is 2.25 bits per heavy atom. The third-order valence-electron chi connectivity index (χ3n) is 4.05. The molecule has 0 bridgehead atoms. The van der Waals surface area contributed by atoms with Gasteiger partial charge in [-0.05, 0) is 43.7 Å². The van der Waals surface area contributed by atoms with Crippen LogP contribution in [-0.2, 0) is 11.0 Å². The molecule has 0 unspecified atom stereocenters. The second-order valence-electron chi connectivity index (χ2n) is 6.07. The van der Waals surface area contributed by atoms with Crippen molar-refractivity contribution < 1.29 is 27.4 Å². The first-order valence-corrected chi connectivity index (χ1v) is 8.61. The number of rotatable bonds is 6. The largest absolute Gasteiger partial charge is 0.493 e. The van der Waals surface area contributed by atoms with Crippen LogP contribution in [0.3, 0.4) is 0 Å². The summed E-state index contributed by atoms with van der Waals surface area (Å²) in [5, 5.41) is 5.44. The highest BCUT2D eigenvalue weighted by molar-refractivity contribution is 6.33. The molecular formula is C19H20ClF3N2O3. The topological polar surface area (TPSA) is 59.6 Å². The molecule has 2 aromatic rings. The maximum absolute atomic E-state index is 12.9. The number of benzene rings is 2. The standard InChI is InChI=1S/C19H20ClF3N2O3/c1-10-7-16(27-3)17(28-4)9-14(10)24-11(2)18(26)25-15-8-12(19(21,22)23)5-6-13(15)20/h5-9,11,24H,1-4H3,(H,25,26)/t11-/m1/s1. The van der Waals surface area contributed by atoms with Crippen molar-refractivity contribution in [2.75, 3.05) is 24.9 Å². The van der Waals surface area contributed by atoms with Crippen molar-refractivity contribution in [3.05, 3.63) is 46.5 Å². The molecule has 2 rings (SSSR count). The first-order chi connectivity index (χ1) is 13.1. The van der Waals surface area contributed by atoms with Crippen molar-refractivity contribution in [3.63, 3.8) is 0 Å². The number of anilines is 2. The van der Waals surface area contributed by atoms with E-state index in [1.807, 2.05) is 6.92 Å². The molecule has 0 aromatic heterocycles. The number of hydrogen-bond donors (Lipinski definition) is 2. The van der Waals surface area contributed by atoms with E-state index in [2.05, 4.69) is 10.6 Å². The van der Waals surface area contributed by atoms with Crippen LogP contribution in [0.1, 0.15) is 18.1 Å². The number of ether oxygens (including phenoxy) is 2. The van der Waals surface area contributed by atoms with Gasteiger partial charge in [0.15, 0.2) is 11.5 Å². The maximum Gasteiger partial charge on any atom is 0.416 e. The SMILES string of the molecule is COc1cc(C)c(N[C@H](C)C(=O)Nc2cc(C(F)(F)F)ccc2Cl)cc1OC.